The highest BCUT2D eigenvalue weighted by molar-refractivity contribution is 7.14. The number of hydrogen-bond acceptors (Lipinski definition) is 7. The van der Waals surface area contributed by atoms with Crippen molar-refractivity contribution >= 4 is 28.3 Å². The maximum atomic E-state index is 12.4. The SMILES string of the molecule is COC(=O)c1cc(-c2csc(NC(=O)c3ccc4c(c3)OCO4)n2)c[nH]1. The van der Waals surface area contributed by atoms with Crippen LogP contribution in [0.4, 0.5) is 5.13 Å². The molecule has 3 heterocycles. The number of aromatic nitrogens is 2. The first-order chi connectivity index (χ1) is 12.6. The third-order valence-corrected chi connectivity index (χ3v) is 4.50. The number of ether oxygens (including phenoxy) is 3. The number of rotatable bonds is 4. The van der Waals surface area contributed by atoms with Crippen molar-refractivity contribution in [2.45, 2.75) is 0 Å². The van der Waals surface area contributed by atoms with Crippen molar-refractivity contribution in [3.8, 4) is 22.8 Å². The van der Waals surface area contributed by atoms with Gasteiger partial charge < -0.3 is 19.2 Å². The number of benzene rings is 1. The second-order valence-corrected chi connectivity index (χ2v) is 6.21. The number of anilines is 1. The second-order valence-electron chi connectivity index (χ2n) is 5.35. The van der Waals surface area contributed by atoms with Gasteiger partial charge in [0.15, 0.2) is 16.6 Å². The van der Waals surface area contributed by atoms with Crippen LogP contribution in [0.5, 0.6) is 11.5 Å². The van der Waals surface area contributed by atoms with E-state index in [2.05, 4.69) is 20.0 Å². The first-order valence-corrected chi connectivity index (χ1v) is 8.45. The fraction of sp³-hybridized carbons (Fsp3) is 0.118. The number of aromatic amines is 1. The van der Waals surface area contributed by atoms with E-state index in [9.17, 15) is 9.59 Å². The number of carbonyl (C=O) groups excluding carboxylic acids is 2. The number of nitrogens with zero attached hydrogens (tertiary/aromatic N) is 1. The van der Waals surface area contributed by atoms with E-state index in [-0.39, 0.29) is 12.7 Å². The molecule has 4 rings (SSSR count). The van der Waals surface area contributed by atoms with Crippen LogP contribution in [-0.2, 0) is 4.74 Å². The van der Waals surface area contributed by atoms with Crippen molar-refractivity contribution in [1.82, 2.24) is 9.97 Å². The molecule has 0 aliphatic carbocycles. The van der Waals surface area contributed by atoms with Gasteiger partial charge in [0.2, 0.25) is 6.79 Å². The Kier molecular flexibility index (Phi) is 4.05. The van der Waals surface area contributed by atoms with Crippen LogP contribution in [0.15, 0.2) is 35.8 Å². The molecule has 1 amide bonds. The molecule has 0 unspecified atom stereocenters. The van der Waals surface area contributed by atoms with Gasteiger partial charge in [-0.2, -0.15) is 0 Å². The molecule has 1 aliphatic rings. The van der Waals surface area contributed by atoms with E-state index in [1.807, 2.05) is 0 Å². The molecule has 9 heteroatoms. The standard InChI is InChI=1S/C17H13N3O5S/c1-23-16(22)11-4-10(6-18-11)12-7-26-17(19-12)20-15(21)9-2-3-13-14(5-9)25-8-24-13/h2-7,18H,8H2,1H3,(H,19,20,21). The number of H-pyrrole nitrogens is 1. The van der Waals surface area contributed by atoms with Crippen LogP contribution in [-0.4, -0.2) is 35.7 Å². The number of nitrogens with one attached hydrogen (secondary N) is 2. The van der Waals surface area contributed by atoms with Gasteiger partial charge in [0.1, 0.15) is 5.69 Å². The minimum atomic E-state index is -0.456. The van der Waals surface area contributed by atoms with Crippen molar-refractivity contribution in [2.75, 3.05) is 19.2 Å². The van der Waals surface area contributed by atoms with Crippen LogP contribution in [0.25, 0.3) is 11.3 Å². The summed E-state index contributed by atoms with van der Waals surface area (Å²) in [6.07, 6.45) is 1.66. The van der Waals surface area contributed by atoms with E-state index in [0.29, 0.717) is 33.6 Å². The van der Waals surface area contributed by atoms with Crippen molar-refractivity contribution in [2.24, 2.45) is 0 Å². The van der Waals surface area contributed by atoms with E-state index >= 15 is 0 Å². The van der Waals surface area contributed by atoms with E-state index in [1.165, 1.54) is 18.4 Å². The largest absolute Gasteiger partial charge is 0.464 e. The van der Waals surface area contributed by atoms with Gasteiger partial charge in [-0.1, -0.05) is 0 Å². The van der Waals surface area contributed by atoms with E-state index in [4.69, 9.17) is 9.47 Å². The van der Waals surface area contributed by atoms with Gasteiger partial charge in [-0.15, -0.1) is 11.3 Å². The first-order valence-electron chi connectivity index (χ1n) is 7.57. The Balaban J connectivity index is 1.49. The van der Waals surface area contributed by atoms with Crippen LogP contribution < -0.4 is 14.8 Å². The van der Waals surface area contributed by atoms with Crippen molar-refractivity contribution in [3.63, 3.8) is 0 Å². The fourth-order valence-electron chi connectivity index (χ4n) is 2.44. The predicted molar refractivity (Wildman–Crippen MR) is 93.8 cm³/mol. The van der Waals surface area contributed by atoms with Gasteiger partial charge >= 0.3 is 5.97 Å². The number of esters is 1. The Morgan fingerprint density at radius 2 is 2.12 bits per heavy atom. The minimum Gasteiger partial charge on any atom is -0.464 e. The molecular formula is C17H13N3O5S. The van der Waals surface area contributed by atoms with E-state index < -0.39 is 5.97 Å². The van der Waals surface area contributed by atoms with Gasteiger partial charge in [-0.05, 0) is 24.3 Å². The summed E-state index contributed by atoms with van der Waals surface area (Å²) in [5.74, 6) is 0.406. The summed E-state index contributed by atoms with van der Waals surface area (Å²) in [6.45, 7) is 0.153. The highest BCUT2D eigenvalue weighted by Crippen LogP contribution is 2.33. The van der Waals surface area contributed by atoms with Crippen LogP contribution in [0, 0.1) is 0 Å². The Morgan fingerprint density at radius 1 is 1.27 bits per heavy atom. The fourth-order valence-corrected chi connectivity index (χ4v) is 3.16. The predicted octanol–water partition coefficient (Wildman–Crippen LogP) is 2.91. The molecular weight excluding hydrogens is 358 g/mol. The molecule has 1 aromatic carbocycles. The lowest BCUT2D eigenvalue weighted by Crippen LogP contribution is -2.11. The molecule has 2 N–H and O–H groups in total. The molecule has 8 nitrogen and oxygen atoms in total. The zero-order chi connectivity index (χ0) is 18.1. The number of fused-ring (bicyclic) bond motifs is 1. The average molecular weight is 371 g/mol. The van der Waals surface area contributed by atoms with Crippen molar-refractivity contribution in [1.29, 1.82) is 0 Å². The molecule has 0 saturated carbocycles. The summed E-state index contributed by atoms with van der Waals surface area (Å²) < 4.78 is 15.2. The Morgan fingerprint density at radius 3 is 2.96 bits per heavy atom. The number of hydrogen-bond donors (Lipinski definition) is 2. The third kappa shape index (κ3) is 3.00. The van der Waals surface area contributed by atoms with Gasteiger partial charge in [0, 0.05) is 22.7 Å². The van der Waals surface area contributed by atoms with Gasteiger partial charge in [-0.3, -0.25) is 10.1 Å². The maximum Gasteiger partial charge on any atom is 0.354 e. The Bertz CT molecular complexity index is 994. The number of carbonyl (C=O) groups is 2. The normalized spacial score (nSPS) is 12.0. The highest BCUT2D eigenvalue weighted by Gasteiger charge is 2.17. The molecule has 0 spiro atoms. The molecule has 1 aliphatic heterocycles. The second kappa shape index (κ2) is 6.52. The van der Waals surface area contributed by atoms with Crippen molar-refractivity contribution < 1.29 is 23.8 Å². The molecule has 0 bridgehead atoms. The minimum absolute atomic E-state index is 0.153. The number of thiazole rings is 1. The quantitative estimate of drug-likeness (QED) is 0.684. The van der Waals surface area contributed by atoms with E-state index in [1.54, 1.807) is 35.8 Å². The van der Waals surface area contributed by atoms with Crippen molar-refractivity contribution in [3.05, 3.63) is 47.1 Å². The van der Waals surface area contributed by atoms with Gasteiger partial charge in [0.05, 0.1) is 12.8 Å². The van der Waals surface area contributed by atoms with Gasteiger partial charge in [0.25, 0.3) is 5.91 Å². The lowest BCUT2D eigenvalue weighted by molar-refractivity contribution is 0.0594. The van der Waals surface area contributed by atoms with Crippen LogP contribution in [0.3, 0.4) is 0 Å². The summed E-state index contributed by atoms with van der Waals surface area (Å²) >= 11 is 1.29. The molecule has 0 radical (unpaired) electrons. The summed E-state index contributed by atoms with van der Waals surface area (Å²) in [5, 5.41) is 4.99. The molecule has 132 valence electrons. The van der Waals surface area contributed by atoms with E-state index in [0.717, 1.165) is 5.56 Å². The van der Waals surface area contributed by atoms with Crippen LogP contribution in [0.1, 0.15) is 20.8 Å². The molecule has 0 fully saturated rings. The lowest BCUT2D eigenvalue weighted by Gasteiger charge is -2.03. The summed E-state index contributed by atoms with van der Waals surface area (Å²) in [5.41, 5.74) is 2.15. The molecule has 26 heavy (non-hydrogen) atoms. The molecule has 0 saturated heterocycles. The van der Waals surface area contributed by atoms with Crippen LogP contribution >= 0.6 is 11.3 Å². The summed E-state index contributed by atoms with van der Waals surface area (Å²) in [7, 11) is 1.31. The first kappa shape index (κ1) is 16.2. The molecule has 0 atom stereocenters. The number of methoxy groups -OCH3 is 1. The maximum absolute atomic E-state index is 12.4. The van der Waals surface area contributed by atoms with Crippen LogP contribution in [0.2, 0.25) is 0 Å². The summed E-state index contributed by atoms with van der Waals surface area (Å²) in [4.78, 5) is 31.1. The third-order valence-electron chi connectivity index (χ3n) is 3.74. The Labute approximate surface area is 151 Å². The topological polar surface area (TPSA) is 103 Å². The smallest absolute Gasteiger partial charge is 0.354 e. The number of amides is 1. The van der Waals surface area contributed by atoms with Gasteiger partial charge in [-0.25, -0.2) is 9.78 Å². The average Bonchev–Trinajstić information content (AvgIpc) is 3.39. The highest BCUT2D eigenvalue weighted by atomic mass is 32.1. The zero-order valence-corrected chi connectivity index (χ0v) is 14.4. The summed E-state index contributed by atoms with van der Waals surface area (Å²) in [6, 6.07) is 6.62. The lowest BCUT2D eigenvalue weighted by atomic mass is 10.2. The zero-order valence-electron chi connectivity index (χ0n) is 13.6. The molecule has 3 aromatic rings. The Hall–Kier alpha value is -3.33. The molecule has 2 aromatic heterocycles. The monoisotopic (exact) mass is 371 g/mol.